The number of halogens is 2. The van der Waals surface area contributed by atoms with Crippen molar-refractivity contribution in [1.29, 1.82) is 0 Å². The van der Waals surface area contributed by atoms with Gasteiger partial charge in [0, 0.05) is 5.02 Å². The van der Waals surface area contributed by atoms with Crippen molar-refractivity contribution in [3.05, 3.63) is 58.1 Å². The molecule has 8 heteroatoms. The van der Waals surface area contributed by atoms with Crippen LogP contribution in [0.1, 0.15) is 10.4 Å². The van der Waals surface area contributed by atoms with E-state index in [9.17, 15) is 9.59 Å². The second-order valence-electron chi connectivity index (χ2n) is 4.94. The van der Waals surface area contributed by atoms with Crippen LogP contribution in [-0.4, -0.2) is 31.6 Å². The van der Waals surface area contributed by atoms with Crippen LogP contribution in [0.3, 0.4) is 0 Å². The molecule has 0 radical (unpaired) electrons. The third-order valence-electron chi connectivity index (χ3n) is 3.08. The summed E-state index contributed by atoms with van der Waals surface area (Å²) in [6, 6.07) is 11.9. The normalized spacial score (nSPS) is 10.2. The van der Waals surface area contributed by atoms with Gasteiger partial charge in [0.1, 0.15) is 12.4 Å². The maximum absolute atomic E-state index is 12.0. The zero-order valence-corrected chi connectivity index (χ0v) is 14.6. The number of carbonyl (C=O) groups excluding carboxylic acids is 2. The molecule has 2 aromatic rings. The molecule has 0 saturated heterocycles. The number of rotatable bonds is 7. The third-order valence-corrected chi connectivity index (χ3v) is 3.62. The number of carbonyl (C=O) groups is 2. The molecule has 2 rings (SSSR count). The van der Waals surface area contributed by atoms with Crippen LogP contribution >= 0.6 is 23.2 Å². The number of ether oxygens (including phenoxy) is 2. The third kappa shape index (κ3) is 5.85. The highest BCUT2D eigenvalue weighted by atomic mass is 35.5. The van der Waals surface area contributed by atoms with E-state index in [1.807, 2.05) is 30.3 Å². The quantitative estimate of drug-likeness (QED) is 0.436. The molecule has 132 valence electrons. The molecule has 0 atom stereocenters. The van der Waals surface area contributed by atoms with E-state index in [0.29, 0.717) is 12.4 Å². The van der Waals surface area contributed by atoms with Gasteiger partial charge in [-0.1, -0.05) is 41.4 Å². The monoisotopic (exact) mass is 382 g/mol. The van der Waals surface area contributed by atoms with Gasteiger partial charge in [0.05, 0.1) is 22.8 Å². The number of nitrogen functional groups attached to an aromatic ring is 1. The minimum Gasteiger partial charge on any atom is -0.492 e. The van der Waals surface area contributed by atoms with Crippen LogP contribution in [0.4, 0.5) is 5.69 Å². The fourth-order valence-corrected chi connectivity index (χ4v) is 2.38. The zero-order chi connectivity index (χ0) is 18.2. The zero-order valence-electron chi connectivity index (χ0n) is 13.1. The maximum atomic E-state index is 12.0. The van der Waals surface area contributed by atoms with Crippen LogP contribution in [0.2, 0.25) is 10.0 Å². The Bertz CT molecular complexity index is 754. The predicted molar refractivity (Wildman–Crippen MR) is 96.1 cm³/mol. The molecule has 0 aliphatic carbocycles. The average Bonchev–Trinajstić information content (AvgIpc) is 2.60. The molecule has 0 spiro atoms. The molecule has 25 heavy (non-hydrogen) atoms. The maximum Gasteiger partial charge on any atom is 0.340 e. The second kappa shape index (κ2) is 9.15. The van der Waals surface area contributed by atoms with E-state index in [1.54, 1.807) is 0 Å². The summed E-state index contributed by atoms with van der Waals surface area (Å²) in [5.74, 6) is -0.536. The number of hydrogen-bond acceptors (Lipinski definition) is 5. The summed E-state index contributed by atoms with van der Waals surface area (Å²) in [5.41, 5.74) is 5.76. The number of benzene rings is 2. The number of hydrogen-bond donors (Lipinski definition) is 2. The largest absolute Gasteiger partial charge is 0.492 e. The van der Waals surface area contributed by atoms with Crippen molar-refractivity contribution in [2.45, 2.75) is 0 Å². The summed E-state index contributed by atoms with van der Waals surface area (Å²) in [6.45, 7) is 0.116. The number of anilines is 1. The van der Waals surface area contributed by atoms with E-state index in [4.69, 9.17) is 38.4 Å². The molecular weight excluding hydrogens is 367 g/mol. The molecule has 0 fully saturated rings. The van der Waals surface area contributed by atoms with Gasteiger partial charge in [0.2, 0.25) is 0 Å². The first-order valence-corrected chi connectivity index (χ1v) is 8.09. The minimum absolute atomic E-state index is 0.0118. The van der Waals surface area contributed by atoms with E-state index in [0.717, 1.165) is 0 Å². The number of amides is 1. The molecule has 2 aromatic carbocycles. The number of esters is 1. The fraction of sp³-hybridized carbons (Fsp3) is 0.176. The molecule has 1 amide bonds. The highest BCUT2D eigenvalue weighted by molar-refractivity contribution is 6.37. The lowest BCUT2D eigenvalue weighted by atomic mass is 10.2. The summed E-state index contributed by atoms with van der Waals surface area (Å²) in [7, 11) is 0. The predicted octanol–water partition coefficient (Wildman–Crippen LogP) is 2.93. The van der Waals surface area contributed by atoms with Crippen LogP contribution in [0.5, 0.6) is 5.75 Å². The number of para-hydroxylation sites is 1. The molecule has 0 unspecified atom stereocenters. The van der Waals surface area contributed by atoms with Crippen molar-refractivity contribution in [2.24, 2.45) is 0 Å². The number of nitrogens with one attached hydrogen (secondary N) is 1. The molecule has 0 aliphatic heterocycles. The summed E-state index contributed by atoms with van der Waals surface area (Å²) in [4.78, 5) is 23.6. The van der Waals surface area contributed by atoms with Crippen LogP contribution < -0.4 is 15.8 Å². The molecule has 3 N–H and O–H groups in total. The SMILES string of the molecule is Nc1c(Cl)cc(Cl)cc1C(=O)OCC(=O)NCCOc1ccccc1. The lowest BCUT2D eigenvalue weighted by molar-refractivity contribution is -0.124. The van der Waals surface area contributed by atoms with Crippen molar-refractivity contribution in [3.63, 3.8) is 0 Å². The first kappa shape index (κ1) is 18.9. The Morgan fingerprint density at radius 3 is 2.56 bits per heavy atom. The van der Waals surface area contributed by atoms with Crippen molar-refractivity contribution in [3.8, 4) is 5.75 Å². The van der Waals surface area contributed by atoms with Crippen molar-refractivity contribution in [1.82, 2.24) is 5.32 Å². The average molecular weight is 383 g/mol. The van der Waals surface area contributed by atoms with E-state index in [2.05, 4.69) is 5.32 Å². The van der Waals surface area contributed by atoms with Gasteiger partial charge in [0.25, 0.3) is 5.91 Å². The highest BCUT2D eigenvalue weighted by Gasteiger charge is 2.16. The molecule has 0 bridgehead atoms. The molecule has 0 heterocycles. The fourth-order valence-electron chi connectivity index (χ4n) is 1.89. The van der Waals surface area contributed by atoms with Crippen LogP contribution in [0.25, 0.3) is 0 Å². The van der Waals surface area contributed by atoms with Gasteiger partial charge in [-0.2, -0.15) is 0 Å². The summed E-state index contributed by atoms with van der Waals surface area (Å²) in [5, 5.41) is 2.96. The summed E-state index contributed by atoms with van der Waals surface area (Å²) in [6.07, 6.45) is 0. The van der Waals surface area contributed by atoms with E-state index < -0.39 is 18.5 Å². The van der Waals surface area contributed by atoms with Gasteiger partial charge >= 0.3 is 5.97 Å². The molecule has 0 aliphatic rings. The first-order chi connectivity index (χ1) is 12.0. The van der Waals surface area contributed by atoms with Gasteiger partial charge in [-0.25, -0.2) is 4.79 Å². The Balaban J connectivity index is 1.73. The second-order valence-corrected chi connectivity index (χ2v) is 5.78. The summed E-state index contributed by atoms with van der Waals surface area (Å²) < 4.78 is 10.3. The minimum atomic E-state index is -0.780. The van der Waals surface area contributed by atoms with Gasteiger partial charge in [-0.15, -0.1) is 0 Å². The smallest absolute Gasteiger partial charge is 0.340 e. The van der Waals surface area contributed by atoms with Crippen molar-refractivity contribution < 1.29 is 19.1 Å². The summed E-state index contributed by atoms with van der Waals surface area (Å²) >= 11 is 11.7. The first-order valence-electron chi connectivity index (χ1n) is 7.33. The Kier molecular flexibility index (Phi) is 6.91. The molecular formula is C17H16Cl2N2O4. The highest BCUT2D eigenvalue weighted by Crippen LogP contribution is 2.27. The van der Waals surface area contributed by atoms with Crippen LogP contribution in [-0.2, 0) is 9.53 Å². The van der Waals surface area contributed by atoms with Gasteiger partial charge in [-0.05, 0) is 24.3 Å². The Morgan fingerprint density at radius 1 is 1.12 bits per heavy atom. The lowest BCUT2D eigenvalue weighted by Crippen LogP contribution is -2.32. The Morgan fingerprint density at radius 2 is 1.84 bits per heavy atom. The standard InChI is InChI=1S/C17H16Cl2N2O4/c18-11-8-13(16(20)14(19)9-11)17(23)25-10-15(22)21-6-7-24-12-4-2-1-3-5-12/h1-5,8-9H,6-7,10,20H2,(H,21,22). The van der Waals surface area contributed by atoms with Crippen LogP contribution in [0.15, 0.2) is 42.5 Å². The van der Waals surface area contributed by atoms with E-state index >= 15 is 0 Å². The topological polar surface area (TPSA) is 90.7 Å². The Labute approximate surface area is 154 Å². The Hall–Kier alpha value is -2.44. The van der Waals surface area contributed by atoms with Gasteiger partial charge < -0.3 is 20.5 Å². The van der Waals surface area contributed by atoms with Crippen molar-refractivity contribution >= 4 is 40.8 Å². The van der Waals surface area contributed by atoms with Gasteiger partial charge in [0.15, 0.2) is 6.61 Å². The molecule has 0 saturated carbocycles. The number of nitrogens with two attached hydrogens (primary N) is 1. The molecule has 0 aromatic heterocycles. The van der Waals surface area contributed by atoms with Crippen LogP contribution in [0, 0.1) is 0 Å². The van der Waals surface area contributed by atoms with E-state index in [1.165, 1.54) is 12.1 Å². The van der Waals surface area contributed by atoms with Gasteiger partial charge in [-0.3, -0.25) is 4.79 Å². The lowest BCUT2D eigenvalue weighted by Gasteiger charge is -2.10. The molecule has 6 nitrogen and oxygen atoms in total. The van der Waals surface area contributed by atoms with E-state index in [-0.39, 0.29) is 27.8 Å². The van der Waals surface area contributed by atoms with Crippen molar-refractivity contribution in [2.75, 3.05) is 25.5 Å².